The first-order chi connectivity index (χ1) is 10.7. The smallest absolute Gasteiger partial charge is 0.410 e. The first-order valence-corrected chi connectivity index (χ1v) is 8.10. The summed E-state index contributed by atoms with van der Waals surface area (Å²) in [7, 11) is 1.75. The lowest BCUT2D eigenvalue weighted by Gasteiger charge is -2.25. The number of carbonyl (C=O) groups is 1. The van der Waals surface area contributed by atoms with Crippen LogP contribution in [-0.4, -0.2) is 36.8 Å². The van der Waals surface area contributed by atoms with E-state index < -0.39 is 5.60 Å². The van der Waals surface area contributed by atoms with Gasteiger partial charge in [-0.3, -0.25) is 0 Å². The van der Waals surface area contributed by atoms with Crippen molar-refractivity contribution in [3.8, 4) is 5.75 Å². The molecule has 0 unspecified atom stereocenters. The molecule has 2 N–H and O–H groups in total. The number of anilines is 1. The third kappa shape index (κ3) is 6.00. The molecule has 0 radical (unpaired) electrons. The van der Waals surface area contributed by atoms with Gasteiger partial charge in [0.2, 0.25) is 0 Å². The third-order valence-corrected chi connectivity index (χ3v) is 3.42. The highest BCUT2D eigenvalue weighted by atomic mass is 16.6. The van der Waals surface area contributed by atoms with Crippen molar-refractivity contribution in [2.45, 2.75) is 53.1 Å². The molecule has 0 fully saturated rings. The summed E-state index contributed by atoms with van der Waals surface area (Å²) >= 11 is 0. The zero-order valence-electron chi connectivity index (χ0n) is 15.2. The first kappa shape index (κ1) is 19.1. The van der Waals surface area contributed by atoms with E-state index in [2.05, 4.69) is 6.92 Å². The van der Waals surface area contributed by atoms with Crippen molar-refractivity contribution in [1.82, 2.24) is 4.90 Å². The zero-order valence-corrected chi connectivity index (χ0v) is 15.2. The van der Waals surface area contributed by atoms with Gasteiger partial charge in [0.15, 0.2) is 0 Å². The second-order valence-corrected chi connectivity index (χ2v) is 6.77. The van der Waals surface area contributed by atoms with Gasteiger partial charge in [-0.1, -0.05) is 13.0 Å². The molecule has 0 saturated carbocycles. The van der Waals surface area contributed by atoms with E-state index in [9.17, 15) is 4.79 Å². The molecule has 0 bridgehead atoms. The van der Waals surface area contributed by atoms with E-state index in [-0.39, 0.29) is 6.09 Å². The molecule has 1 rings (SSSR count). The van der Waals surface area contributed by atoms with Gasteiger partial charge in [0.25, 0.3) is 0 Å². The average molecular weight is 322 g/mol. The second kappa shape index (κ2) is 8.09. The maximum absolute atomic E-state index is 12.0. The van der Waals surface area contributed by atoms with Gasteiger partial charge in [0, 0.05) is 13.6 Å². The van der Waals surface area contributed by atoms with Gasteiger partial charge in [-0.05, 0) is 57.7 Å². The van der Waals surface area contributed by atoms with Gasteiger partial charge in [-0.25, -0.2) is 4.79 Å². The molecule has 0 spiro atoms. The van der Waals surface area contributed by atoms with Gasteiger partial charge in [0.1, 0.15) is 11.4 Å². The normalized spacial score (nSPS) is 11.2. The summed E-state index contributed by atoms with van der Waals surface area (Å²) in [5, 5.41) is 0. The fraction of sp³-hybridized carbons (Fsp3) is 0.611. The predicted molar refractivity (Wildman–Crippen MR) is 93.9 cm³/mol. The van der Waals surface area contributed by atoms with E-state index in [1.807, 2.05) is 39.8 Å². The SMILES string of the molecule is CCCOc1c(N)ccc(CCN(C)C(=O)OC(C)(C)C)c1C. The summed E-state index contributed by atoms with van der Waals surface area (Å²) in [5.41, 5.74) is 8.33. The number of nitrogens with two attached hydrogens (primary N) is 1. The number of nitrogens with zero attached hydrogens (tertiary/aromatic N) is 1. The molecule has 1 amide bonds. The molecule has 5 heteroatoms. The van der Waals surface area contributed by atoms with Crippen LogP contribution in [-0.2, 0) is 11.2 Å². The number of likely N-dealkylation sites (N-methyl/N-ethyl adjacent to an activating group) is 1. The number of rotatable bonds is 6. The summed E-state index contributed by atoms with van der Waals surface area (Å²) in [4.78, 5) is 13.6. The Labute approximate surface area is 139 Å². The van der Waals surface area contributed by atoms with Crippen LogP contribution in [0.15, 0.2) is 12.1 Å². The number of benzene rings is 1. The Morgan fingerprint density at radius 2 is 1.96 bits per heavy atom. The van der Waals surface area contributed by atoms with Crippen LogP contribution in [0.2, 0.25) is 0 Å². The molecule has 1 aromatic rings. The molecule has 0 aliphatic carbocycles. The van der Waals surface area contributed by atoms with Gasteiger partial charge < -0.3 is 20.1 Å². The molecular weight excluding hydrogens is 292 g/mol. The van der Waals surface area contributed by atoms with Gasteiger partial charge >= 0.3 is 6.09 Å². The summed E-state index contributed by atoms with van der Waals surface area (Å²) in [6.07, 6.45) is 1.35. The van der Waals surface area contributed by atoms with Gasteiger partial charge in [-0.2, -0.15) is 0 Å². The summed E-state index contributed by atoms with van der Waals surface area (Å²) in [5.74, 6) is 0.754. The fourth-order valence-electron chi connectivity index (χ4n) is 2.14. The molecule has 23 heavy (non-hydrogen) atoms. The Kier molecular flexibility index (Phi) is 6.73. The van der Waals surface area contributed by atoms with Crippen molar-refractivity contribution < 1.29 is 14.3 Å². The van der Waals surface area contributed by atoms with E-state index in [1.165, 1.54) is 0 Å². The molecule has 5 nitrogen and oxygen atoms in total. The highest BCUT2D eigenvalue weighted by molar-refractivity contribution is 5.67. The largest absolute Gasteiger partial charge is 0.491 e. The highest BCUT2D eigenvalue weighted by Crippen LogP contribution is 2.29. The van der Waals surface area contributed by atoms with E-state index in [0.29, 0.717) is 18.8 Å². The van der Waals surface area contributed by atoms with Crippen LogP contribution in [0.3, 0.4) is 0 Å². The number of hydrogen-bond donors (Lipinski definition) is 1. The van der Waals surface area contributed by atoms with Crippen molar-refractivity contribution in [3.63, 3.8) is 0 Å². The van der Waals surface area contributed by atoms with Gasteiger partial charge in [0.05, 0.1) is 12.3 Å². The zero-order chi connectivity index (χ0) is 17.6. The average Bonchev–Trinajstić information content (AvgIpc) is 2.44. The topological polar surface area (TPSA) is 64.8 Å². The van der Waals surface area contributed by atoms with Crippen LogP contribution in [0.5, 0.6) is 5.75 Å². The lowest BCUT2D eigenvalue weighted by molar-refractivity contribution is 0.0300. The summed E-state index contributed by atoms with van der Waals surface area (Å²) in [6.45, 7) is 10.9. The van der Waals surface area contributed by atoms with E-state index in [4.69, 9.17) is 15.2 Å². The van der Waals surface area contributed by atoms with Crippen LogP contribution in [0.1, 0.15) is 45.2 Å². The van der Waals surface area contributed by atoms with Crippen LogP contribution < -0.4 is 10.5 Å². The minimum absolute atomic E-state index is 0.312. The molecule has 0 aliphatic heterocycles. The Hall–Kier alpha value is -1.91. The monoisotopic (exact) mass is 322 g/mol. The van der Waals surface area contributed by atoms with Crippen molar-refractivity contribution >= 4 is 11.8 Å². The van der Waals surface area contributed by atoms with Crippen molar-refractivity contribution in [1.29, 1.82) is 0 Å². The fourth-order valence-corrected chi connectivity index (χ4v) is 2.14. The Morgan fingerprint density at radius 1 is 1.30 bits per heavy atom. The van der Waals surface area contributed by atoms with Crippen molar-refractivity contribution in [2.75, 3.05) is 25.9 Å². The van der Waals surface area contributed by atoms with Crippen LogP contribution in [0.4, 0.5) is 10.5 Å². The van der Waals surface area contributed by atoms with Crippen LogP contribution in [0.25, 0.3) is 0 Å². The van der Waals surface area contributed by atoms with Crippen molar-refractivity contribution in [2.24, 2.45) is 0 Å². The lowest BCUT2D eigenvalue weighted by Crippen LogP contribution is -2.35. The van der Waals surface area contributed by atoms with E-state index >= 15 is 0 Å². The number of carbonyl (C=O) groups excluding carboxylic acids is 1. The minimum atomic E-state index is -0.483. The number of hydrogen-bond acceptors (Lipinski definition) is 4. The molecule has 0 aromatic heterocycles. The number of amides is 1. The molecule has 0 atom stereocenters. The molecule has 0 aliphatic rings. The third-order valence-electron chi connectivity index (χ3n) is 3.42. The number of nitrogen functional groups attached to an aromatic ring is 1. The maximum Gasteiger partial charge on any atom is 0.410 e. The Bertz CT molecular complexity index is 536. The lowest BCUT2D eigenvalue weighted by atomic mass is 10.0. The molecular formula is C18H30N2O3. The highest BCUT2D eigenvalue weighted by Gasteiger charge is 2.19. The standard InChI is InChI=1S/C18H30N2O3/c1-7-12-22-16-13(2)14(8-9-15(16)19)10-11-20(6)17(21)23-18(3,4)5/h8-9H,7,10-12,19H2,1-6H3. The summed E-state index contributed by atoms with van der Waals surface area (Å²) < 4.78 is 11.1. The Morgan fingerprint density at radius 3 is 2.52 bits per heavy atom. The molecule has 0 saturated heterocycles. The van der Waals surface area contributed by atoms with Gasteiger partial charge in [-0.15, -0.1) is 0 Å². The Balaban J connectivity index is 2.72. The first-order valence-electron chi connectivity index (χ1n) is 8.10. The molecule has 130 valence electrons. The molecule has 0 heterocycles. The molecule has 1 aromatic carbocycles. The van der Waals surface area contributed by atoms with E-state index in [0.717, 1.165) is 29.7 Å². The number of ether oxygens (including phenoxy) is 2. The second-order valence-electron chi connectivity index (χ2n) is 6.77. The maximum atomic E-state index is 12.0. The summed E-state index contributed by atoms with van der Waals surface area (Å²) in [6, 6.07) is 3.85. The van der Waals surface area contributed by atoms with Crippen LogP contribution in [0, 0.1) is 6.92 Å². The van der Waals surface area contributed by atoms with Crippen molar-refractivity contribution in [3.05, 3.63) is 23.3 Å². The van der Waals surface area contributed by atoms with E-state index in [1.54, 1.807) is 11.9 Å². The predicted octanol–water partition coefficient (Wildman–Crippen LogP) is 3.78. The quantitative estimate of drug-likeness (QED) is 0.810. The van der Waals surface area contributed by atoms with Crippen LogP contribution >= 0.6 is 0 Å². The minimum Gasteiger partial charge on any atom is -0.491 e.